The Morgan fingerprint density at radius 1 is 1.10 bits per heavy atom. The fourth-order valence-electron chi connectivity index (χ4n) is 4.47. The quantitative estimate of drug-likeness (QED) is 0.752. The molecule has 160 valence electrons. The number of aryl methyl sites for hydroxylation is 1. The lowest BCUT2D eigenvalue weighted by molar-refractivity contribution is -0.118. The van der Waals surface area contributed by atoms with Gasteiger partial charge in [0, 0.05) is 50.0 Å². The predicted octanol–water partition coefficient (Wildman–Crippen LogP) is 3.19. The van der Waals surface area contributed by atoms with Crippen LogP contribution >= 0.6 is 0 Å². The van der Waals surface area contributed by atoms with E-state index in [9.17, 15) is 13.2 Å². The van der Waals surface area contributed by atoms with Crippen molar-refractivity contribution in [2.75, 3.05) is 36.0 Å². The number of sulfonamides is 1. The monoisotopic (exact) mass is 427 g/mol. The van der Waals surface area contributed by atoms with Gasteiger partial charge >= 0.3 is 0 Å². The van der Waals surface area contributed by atoms with Crippen molar-refractivity contribution in [1.29, 1.82) is 0 Å². The first-order valence-electron chi connectivity index (χ1n) is 10.6. The molecular weight excluding hydrogens is 398 g/mol. The minimum Gasteiger partial charge on any atom is -0.366 e. The molecule has 0 aromatic heterocycles. The van der Waals surface area contributed by atoms with Gasteiger partial charge in [0.05, 0.1) is 4.90 Å². The molecule has 0 unspecified atom stereocenters. The van der Waals surface area contributed by atoms with Gasteiger partial charge in [-0.1, -0.05) is 19.1 Å². The number of piperazine rings is 1. The molecule has 2 aliphatic heterocycles. The fourth-order valence-corrected chi connectivity index (χ4v) is 6.03. The number of carbonyl (C=O) groups excluding carboxylic acids is 1. The molecule has 0 spiro atoms. The third-order valence-corrected chi connectivity index (χ3v) is 7.97. The van der Waals surface area contributed by atoms with Gasteiger partial charge < -0.3 is 9.80 Å². The van der Waals surface area contributed by atoms with Crippen molar-refractivity contribution in [2.45, 2.75) is 44.6 Å². The molecule has 0 aliphatic carbocycles. The Morgan fingerprint density at radius 3 is 2.60 bits per heavy atom. The molecule has 2 aromatic carbocycles. The molecule has 2 heterocycles. The lowest BCUT2D eigenvalue weighted by Gasteiger charge is -2.40. The summed E-state index contributed by atoms with van der Waals surface area (Å²) in [7, 11) is -3.57. The van der Waals surface area contributed by atoms with E-state index in [1.54, 1.807) is 27.4 Å². The van der Waals surface area contributed by atoms with Crippen molar-refractivity contribution < 1.29 is 13.2 Å². The van der Waals surface area contributed by atoms with E-state index in [2.05, 4.69) is 36.9 Å². The van der Waals surface area contributed by atoms with Crippen LogP contribution in [-0.4, -0.2) is 50.9 Å². The molecule has 7 heteroatoms. The van der Waals surface area contributed by atoms with E-state index in [1.807, 2.05) is 13.0 Å². The van der Waals surface area contributed by atoms with Crippen molar-refractivity contribution in [3.05, 3.63) is 53.6 Å². The maximum absolute atomic E-state index is 13.3. The van der Waals surface area contributed by atoms with Crippen LogP contribution in [0.25, 0.3) is 0 Å². The van der Waals surface area contributed by atoms with Gasteiger partial charge in [-0.3, -0.25) is 4.79 Å². The van der Waals surface area contributed by atoms with Gasteiger partial charge in [0.15, 0.2) is 0 Å². The van der Waals surface area contributed by atoms with Crippen LogP contribution in [0, 0.1) is 6.92 Å². The molecule has 0 bridgehead atoms. The lowest BCUT2D eigenvalue weighted by atomic mass is 10.1. The summed E-state index contributed by atoms with van der Waals surface area (Å²) in [6.45, 7) is 8.17. The summed E-state index contributed by atoms with van der Waals surface area (Å²) < 4.78 is 28.2. The molecule has 0 radical (unpaired) electrons. The second kappa shape index (κ2) is 8.04. The Hall–Kier alpha value is -2.38. The number of hydrogen-bond acceptors (Lipinski definition) is 4. The number of hydrogen-bond donors (Lipinski definition) is 0. The molecule has 6 nitrogen and oxygen atoms in total. The zero-order valence-corrected chi connectivity index (χ0v) is 18.7. The summed E-state index contributed by atoms with van der Waals surface area (Å²) in [6.07, 6.45) is 1.14. The lowest BCUT2D eigenvalue weighted by Crippen LogP contribution is -2.53. The topological polar surface area (TPSA) is 60.9 Å². The van der Waals surface area contributed by atoms with Crippen LogP contribution in [0.2, 0.25) is 0 Å². The van der Waals surface area contributed by atoms with E-state index in [0.717, 1.165) is 16.9 Å². The van der Waals surface area contributed by atoms with Crippen LogP contribution in [0.5, 0.6) is 0 Å². The summed E-state index contributed by atoms with van der Waals surface area (Å²) in [5, 5.41) is 0. The summed E-state index contributed by atoms with van der Waals surface area (Å²) in [5.41, 5.74) is 4.11. The molecule has 1 fully saturated rings. The van der Waals surface area contributed by atoms with Gasteiger partial charge in [0.1, 0.15) is 0 Å². The molecule has 0 N–H and O–H groups in total. The van der Waals surface area contributed by atoms with Crippen molar-refractivity contribution >= 4 is 27.3 Å². The first-order chi connectivity index (χ1) is 14.3. The molecule has 4 rings (SSSR count). The van der Waals surface area contributed by atoms with Gasteiger partial charge in [-0.15, -0.1) is 0 Å². The summed E-state index contributed by atoms with van der Waals surface area (Å²) in [5.74, 6) is 0.0745. The van der Waals surface area contributed by atoms with Crippen molar-refractivity contribution in [3.63, 3.8) is 0 Å². The first kappa shape index (κ1) is 20.9. The number of amides is 1. The van der Waals surface area contributed by atoms with E-state index >= 15 is 0 Å². The van der Waals surface area contributed by atoms with Crippen molar-refractivity contribution in [2.24, 2.45) is 0 Å². The third-order valence-electron chi connectivity index (χ3n) is 6.11. The maximum Gasteiger partial charge on any atom is 0.243 e. The predicted molar refractivity (Wildman–Crippen MR) is 120 cm³/mol. The Kier molecular flexibility index (Phi) is 5.59. The molecule has 2 aliphatic rings. The highest BCUT2D eigenvalue weighted by atomic mass is 32.2. The average Bonchev–Trinajstić information content (AvgIpc) is 3.16. The third kappa shape index (κ3) is 3.72. The normalized spacial score (nSPS) is 19.8. The van der Waals surface area contributed by atoms with Crippen LogP contribution < -0.4 is 9.80 Å². The second-order valence-electron chi connectivity index (χ2n) is 8.18. The average molecular weight is 428 g/mol. The number of nitrogens with zero attached hydrogens (tertiary/aromatic N) is 3. The molecule has 30 heavy (non-hydrogen) atoms. The fraction of sp³-hybridized carbons (Fsp3) is 0.435. The molecule has 2 aromatic rings. The Labute approximate surface area is 179 Å². The van der Waals surface area contributed by atoms with E-state index in [0.29, 0.717) is 43.9 Å². The largest absolute Gasteiger partial charge is 0.366 e. The SMILES string of the molecule is CCC(=O)N1CCc2cc(S(=O)(=O)N3CCN(c4cccc(C)c4)[C@H](C)C3)ccc21. The second-order valence-corrected chi connectivity index (χ2v) is 10.1. The Balaban J connectivity index is 1.53. The highest BCUT2D eigenvalue weighted by molar-refractivity contribution is 7.89. The standard InChI is InChI=1S/C23H29N3O3S/c1-4-23(27)26-11-10-19-15-21(8-9-22(19)26)30(28,29)24-12-13-25(18(3)16-24)20-7-5-6-17(2)14-20/h5-9,14-15,18H,4,10-13,16H2,1-3H3/t18-/m1/s1. The van der Waals surface area contributed by atoms with Gasteiger partial charge in [0.25, 0.3) is 0 Å². The number of carbonyl (C=O) groups is 1. The molecule has 1 atom stereocenters. The zero-order chi connectivity index (χ0) is 21.5. The summed E-state index contributed by atoms with van der Waals surface area (Å²) in [6, 6.07) is 13.6. The molecular formula is C23H29N3O3S. The number of anilines is 2. The number of rotatable bonds is 4. The van der Waals surface area contributed by atoms with Crippen LogP contribution in [0.15, 0.2) is 47.4 Å². The Bertz CT molecular complexity index is 1070. The summed E-state index contributed by atoms with van der Waals surface area (Å²) >= 11 is 0. The minimum atomic E-state index is -3.57. The van der Waals surface area contributed by atoms with Crippen LogP contribution in [0.1, 0.15) is 31.4 Å². The van der Waals surface area contributed by atoms with Crippen molar-refractivity contribution in [3.8, 4) is 0 Å². The molecule has 1 amide bonds. The van der Waals surface area contributed by atoms with Gasteiger partial charge in [-0.25, -0.2) is 8.42 Å². The molecule has 0 saturated carbocycles. The van der Waals surface area contributed by atoms with Gasteiger partial charge in [0.2, 0.25) is 15.9 Å². The van der Waals surface area contributed by atoms with Crippen LogP contribution in [0.3, 0.4) is 0 Å². The highest BCUT2D eigenvalue weighted by Crippen LogP contribution is 2.32. The van der Waals surface area contributed by atoms with Crippen molar-refractivity contribution in [1.82, 2.24) is 4.31 Å². The van der Waals surface area contributed by atoms with E-state index in [1.165, 1.54) is 5.56 Å². The van der Waals surface area contributed by atoms with Gasteiger partial charge in [-0.05, 0) is 61.7 Å². The number of fused-ring (bicyclic) bond motifs is 1. The maximum atomic E-state index is 13.3. The minimum absolute atomic E-state index is 0.0745. The number of benzene rings is 2. The first-order valence-corrected chi connectivity index (χ1v) is 12.0. The van der Waals surface area contributed by atoms with Crippen LogP contribution in [-0.2, 0) is 21.2 Å². The Morgan fingerprint density at radius 2 is 1.90 bits per heavy atom. The highest BCUT2D eigenvalue weighted by Gasteiger charge is 2.33. The summed E-state index contributed by atoms with van der Waals surface area (Å²) in [4.78, 5) is 16.5. The van der Waals surface area contributed by atoms with E-state index < -0.39 is 10.0 Å². The molecule has 1 saturated heterocycles. The zero-order valence-electron chi connectivity index (χ0n) is 17.8. The van der Waals surface area contributed by atoms with Crippen LogP contribution in [0.4, 0.5) is 11.4 Å². The van der Waals surface area contributed by atoms with E-state index in [4.69, 9.17) is 0 Å². The van der Waals surface area contributed by atoms with E-state index in [-0.39, 0.29) is 11.9 Å². The van der Waals surface area contributed by atoms with Gasteiger partial charge in [-0.2, -0.15) is 4.31 Å². The smallest absolute Gasteiger partial charge is 0.243 e.